The Morgan fingerprint density at radius 1 is 1.27 bits per heavy atom. The van der Waals surface area contributed by atoms with E-state index in [0.717, 1.165) is 22.1 Å². The van der Waals surface area contributed by atoms with Gasteiger partial charge in [-0.2, -0.15) is 0 Å². The lowest BCUT2D eigenvalue weighted by Gasteiger charge is -2.30. The highest BCUT2D eigenvalue weighted by Crippen LogP contribution is 2.39. The van der Waals surface area contributed by atoms with Gasteiger partial charge in [0.25, 0.3) is 11.6 Å². The van der Waals surface area contributed by atoms with E-state index in [2.05, 4.69) is 5.32 Å². The summed E-state index contributed by atoms with van der Waals surface area (Å²) in [6, 6.07) is 12.6. The normalized spacial score (nSPS) is 15.9. The standard InChI is InChI=1S/C21H16ClN3O4S/c1-12-4-7-17-15(9-12)20(18-3-2-8-30-18)24(11-19(26)23-17)21(27)14-10-13(25(28)29)5-6-16(14)22/h2-10,20H,11H2,1H3,(H,23,26). The first-order valence-electron chi connectivity index (χ1n) is 9.04. The van der Waals surface area contributed by atoms with Gasteiger partial charge in [0.15, 0.2) is 0 Å². The summed E-state index contributed by atoms with van der Waals surface area (Å²) < 4.78 is 0. The second kappa shape index (κ2) is 7.89. The van der Waals surface area contributed by atoms with Crippen LogP contribution in [0.15, 0.2) is 53.9 Å². The van der Waals surface area contributed by atoms with Gasteiger partial charge in [-0.3, -0.25) is 19.7 Å². The molecule has 1 aliphatic heterocycles. The number of halogens is 1. The van der Waals surface area contributed by atoms with Gasteiger partial charge in [-0.1, -0.05) is 35.4 Å². The van der Waals surface area contributed by atoms with Gasteiger partial charge in [0.05, 0.1) is 21.6 Å². The summed E-state index contributed by atoms with van der Waals surface area (Å²) in [5, 5.41) is 16.0. The molecule has 3 aromatic rings. The highest BCUT2D eigenvalue weighted by molar-refractivity contribution is 7.10. The van der Waals surface area contributed by atoms with Crippen LogP contribution in [0, 0.1) is 17.0 Å². The van der Waals surface area contributed by atoms with Gasteiger partial charge in [0, 0.05) is 28.3 Å². The topological polar surface area (TPSA) is 92.6 Å². The van der Waals surface area contributed by atoms with Crippen LogP contribution in [0.2, 0.25) is 5.02 Å². The lowest BCUT2D eigenvalue weighted by Crippen LogP contribution is -2.38. The van der Waals surface area contributed by atoms with Crippen molar-refractivity contribution in [1.82, 2.24) is 4.90 Å². The molecule has 1 aromatic heterocycles. The van der Waals surface area contributed by atoms with Crippen LogP contribution in [-0.2, 0) is 4.79 Å². The minimum atomic E-state index is -0.586. The Kier molecular flexibility index (Phi) is 5.27. The van der Waals surface area contributed by atoms with E-state index in [9.17, 15) is 19.7 Å². The van der Waals surface area contributed by atoms with Crippen LogP contribution in [0.25, 0.3) is 0 Å². The van der Waals surface area contributed by atoms with E-state index in [1.807, 2.05) is 42.6 Å². The Labute approximate surface area is 181 Å². The fraction of sp³-hybridized carbons (Fsp3) is 0.143. The molecule has 1 N–H and O–H groups in total. The number of carbonyl (C=O) groups excluding carboxylic acids is 2. The summed E-state index contributed by atoms with van der Waals surface area (Å²) in [6.07, 6.45) is 0. The maximum Gasteiger partial charge on any atom is 0.270 e. The minimum absolute atomic E-state index is 0.0173. The quantitative estimate of drug-likeness (QED) is 0.466. The van der Waals surface area contributed by atoms with Crippen molar-refractivity contribution in [3.8, 4) is 0 Å². The van der Waals surface area contributed by atoms with Crippen molar-refractivity contribution in [3.63, 3.8) is 0 Å². The smallest absolute Gasteiger partial charge is 0.270 e. The second-order valence-electron chi connectivity index (χ2n) is 6.91. The minimum Gasteiger partial charge on any atom is -0.324 e. The molecule has 152 valence electrons. The second-order valence-corrected chi connectivity index (χ2v) is 8.30. The number of non-ortho nitro benzene ring substituents is 1. The van der Waals surface area contributed by atoms with Crippen molar-refractivity contribution < 1.29 is 14.5 Å². The Morgan fingerprint density at radius 2 is 2.07 bits per heavy atom. The third kappa shape index (κ3) is 3.67. The van der Waals surface area contributed by atoms with Crippen LogP contribution >= 0.6 is 22.9 Å². The fourth-order valence-corrected chi connectivity index (χ4v) is 4.57. The summed E-state index contributed by atoms with van der Waals surface area (Å²) in [6.45, 7) is 1.72. The SMILES string of the molecule is Cc1ccc2c(c1)C(c1cccs1)N(C(=O)c1cc([N+](=O)[O-])ccc1Cl)CC(=O)N2. The molecule has 2 heterocycles. The molecule has 0 bridgehead atoms. The molecule has 1 unspecified atom stereocenters. The van der Waals surface area contributed by atoms with Gasteiger partial charge in [0.2, 0.25) is 5.91 Å². The number of fused-ring (bicyclic) bond motifs is 1. The van der Waals surface area contributed by atoms with Gasteiger partial charge in [-0.15, -0.1) is 11.3 Å². The number of hydrogen-bond donors (Lipinski definition) is 1. The number of rotatable bonds is 3. The van der Waals surface area contributed by atoms with E-state index >= 15 is 0 Å². The summed E-state index contributed by atoms with van der Waals surface area (Å²) in [5.74, 6) is -0.902. The van der Waals surface area contributed by atoms with Crippen molar-refractivity contribution in [2.24, 2.45) is 0 Å². The maximum absolute atomic E-state index is 13.5. The number of nitro groups is 1. The van der Waals surface area contributed by atoms with Crippen molar-refractivity contribution >= 4 is 46.1 Å². The zero-order valence-corrected chi connectivity index (χ0v) is 17.4. The summed E-state index contributed by atoms with van der Waals surface area (Å²) >= 11 is 7.69. The monoisotopic (exact) mass is 441 g/mol. The number of thiophene rings is 1. The molecule has 2 amide bonds. The molecule has 30 heavy (non-hydrogen) atoms. The molecule has 0 radical (unpaired) electrons. The molecule has 7 nitrogen and oxygen atoms in total. The third-order valence-electron chi connectivity index (χ3n) is 4.87. The summed E-state index contributed by atoms with van der Waals surface area (Å²) in [7, 11) is 0. The van der Waals surface area contributed by atoms with Crippen molar-refractivity contribution in [1.29, 1.82) is 0 Å². The molecule has 0 saturated heterocycles. The van der Waals surface area contributed by atoms with Crippen LogP contribution in [0.3, 0.4) is 0 Å². The van der Waals surface area contributed by atoms with Crippen molar-refractivity contribution in [2.45, 2.75) is 13.0 Å². The Bertz CT molecular complexity index is 1160. The Morgan fingerprint density at radius 3 is 2.77 bits per heavy atom. The molecule has 0 spiro atoms. The largest absolute Gasteiger partial charge is 0.324 e. The van der Waals surface area contributed by atoms with Crippen LogP contribution in [-0.4, -0.2) is 28.2 Å². The van der Waals surface area contributed by atoms with Gasteiger partial charge in [0.1, 0.15) is 6.54 Å². The third-order valence-corrected chi connectivity index (χ3v) is 6.12. The number of carbonyl (C=O) groups is 2. The zero-order chi connectivity index (χ0) is 21.4. The molecule has 9 heteroatoms. The number of anilines is 1. The van der Waals surface area contributed by atoms with Crippen molar-refractivity contribution in [2.75, 3.05) is 11.9 Å². The van der Waals surface area contributed by atoms with Crippen molar-refractivity contribution in [3.05, 3.63) is 90.6 Å². The number of nitrogens with one attached hydrogen (secondary N) is 1. The number of nitrogens with zero attached hydrogens (tertiary/aromatic N) is 2. The van der Waals surface area contributed by atoms with Gasteiger partial charge in [-0.05, 0) is 30.5 Å². The summed E-state index contributed by atoms with van der Waals surface area (Å²) in [4.78, 5) is 39.0. The Balaban J connectivity index is 1.89. The van der Waals surface area contributed by atoms with Crippen LogP contribution < -0.4 is 5.32 Å². The zero-order valence-electron chi connectivity index (χ0n) is 15.8. The lowest BCUT2D eigenvalue weighted by atomic mass is 9.99. The number of aryl methyl sites for hydroxylation is 1. The molecule has 1 atom stereocenters. The molecule has 0 fully saturated rings. The van der Waals surface area contributed by atoms with E-state index in [1.54, 1.807) is 0 Å². The van der Waals surface area contributed by atoms with Crippen LogP contribution in [0.5, 0.6) is 0 Å². The van der Waals surface area contributed by atoms with Gasteiger partial charge >= 0.3 is 0 Å². The molecule has 0 saturated carbocycles. The number of nitro benzene ring substituents is 1. The number of amides is 2. The first-order chi connectivity index (χ1) is 14.3. The fourth-order valence-electron chi connectivity index (χ4n) is 3.51. The van der Waals surface area contributed by atoms with Crippen LogP contribution in [0.4, 0.5) is 11.4 Å². The van der Waals surface area contributed by atoms with E-state index in [1.165, 1.54) is 28.4 Å². The van der Waals surface area contributed by atoms with Crippen LogP contribution in [0.1, 0.15) is 32.4 Å². The maximum atomic E-state index is 13.5. The van der Waals surface area contributed by atoms with Gasteiger partial charge < -0.3 is 10.2 Å². The first kappa shape index (κ1) is 20.1. The molecule has 0 aliphatic carbocycles. The van der Waals surface area contributed by atoms with Gasteiger partial charge in [-0.25, -0.2) is 0 Å². The molecule has 2 aromatic carbocycles. The predicted octanol–water partition coefficient (Wildman–Crippen LogP) is 4.80. The van der Waals surface area contributed by atoms with E-state index in [4.69, 9.17) is 11.6 Å². The highest BCUT2D eigenvalue weighted by atomic mass is 35.5. The first-order valence-corrected chi connectivity index (χ1v) is 10.3. The highest BCUT2D eigenvalue weighted by Gasteiger charge is 2.35. The molecular formula is C21H16ClN3O4S. The lowest BCUT2D eigenvalue weighted by molar-refractivity contribution is -0.384. The van der Waals surface area contributed by atoms with E-state index in [0.29, 0.717) is 5.69 Å². The molecule has 4 rings (SSSR count). The van der Waals surface area contributed by atoms with E-state index in [-0.39, 0.29) is 28.7 Å². The number of hydrogen-bond acceptors (Lipinski definition) is 5. The molecule has 1 aliphatic rings. The summed E-state index contributed by atoms with van der Waals surface area (Å²) in [5.41, 5.74) is 2.12. The Hall–Kier alpha value is -3.23. The average molecular weight is 442 g/mol. The average Bonchev–Trinajstić information content (AvgIpc) is 3.18. The predicted molar refractivity (Wildman–Crippen MR) is 115 cm³/mol. The number of benzene rings is 2. The molecular weight excluding hydrogens is 426 g/mol. The van der Waals surface area contributed by atoms with E-state index < -0.39 is 16.9 Å².